The highest BCUT2D eigenvalue weighted by molar-refractivity contribution is 7.99. The lowest BCUT2D eigenvalue weighted by Crippen LogP contribution is -2.50. The van der Waals surface area contributed by atoms with Crippen molar-refractivity contribution in [2.45, 2.75) is 67.3 Å². The summed E-state index contributed by atoms with van der Waals surface area (Å²) in [6.45, 7) is 8.97. The summed E-state index contributed by atoms with van der Waals surface area (Å²) in [5, 5.41) is 6.32. The van der Waals surface area contributed by atoms with Gasteiger partial charge in [-0.3, -0.25) is 19.8 Å². The summed E-state index contributed by atoms with van der Waals surface area (Å²) in [5.74, 6) is 1.71. The molecule has 0 radical (unpaired) electrons. The second kappa shape index (κ2) is 13.9. The van der Waals surface area contributed by atoms with Gasteiger partial charge in [0.05, 0.1) is 18.9 Å². The van der Waals surface area contributed by atoms with Crippen LogP contribution in [0.25, 0.3) is 0 Å². The average molecular weight is 673 g/mol. The maximum atomic E-state index is 12.1. The zero-order valence-electron chi connectivity index (χ0n) is 27.3. The number of amides is 2. The number of hydrogen-bond acceptors (Lipinski definition) is 13. The number of ether oxygens (including phenoxy) is 1. The van der Waals surface area contributed by atoms with Gasteiger partial charge in [-0.1, -0.05) is 23.9 Å². The van der Waals surface area contributed by atoms with E-state index in [2.05, 4.69) is 55.4 Å². The Morgan fingerprint density at radius 3 is 2.46 bits per heavy atom. The van der Waals surface area contributed by atoms with Gasteiger partial charge in [-0.05, 0) is 56.0 Å². The SMILES string of the molecule is C[C@@H]1OCC2(CCN(c3cnc(Sc4ccnc(N5CCN(Cc6ccc(NC7CCC(=O)NC7=O)cc6)CC5)c4)c(N)n3)CC2)[C@@H]1N. The van der Waals surface area contributed by atoms with Crippen molar-refractivity contribution in [3.8, 4) is 0 Å². The van der Waals surface area contributed by atoms with E-state index < -0.39 is 0 Å². The average Bonchev–Trinajstić information content (AvgIpc) is 3.37. The van der Waals surface area contributed by atoms with E-state index in [4.69, 9.17) is 26.2 Å². The van der Waals surface area contributed by atoms with Crippen LogP contribution in [0.3, 0.4) is 0 Å². The summed E-state index contributed by atoms with van der Waals surface area (Å²) in [6, 6.07) is 12.0. The first-order valence-corrected chi connectivity index (χ1v) is 17.6. The molecule has 13 nitrogen and oxygen atoms in total. The van der Waals surface area contributed by atoms with E-state index in [0.717, 1.165) is 87.5 Å². The number of carbonyl (C=O) groups is 2. The molecular formula is C34H44N10O3S. The van der Waals surface area contributed by atoms with Crippen molar-refractivity contribution < 1.29 is 14.3 Å². The molecule has 1 spiro atoms. The topological polar surface area (TPSA) is 168 Å². The van der Waals surface area contributed by atoms with Crippen LogP contribution >= 0.6 is 11.8 Å². The normalized spacial score (nSPS) is 24.6. The minimum Gasteiger partial charge on any atom is -0.381 e. The predicted octanol–water partition coefficient (Wildman–Crippen LogP) is 2.48. The molecule has 7 rings (SSSR count). The number of nitrogens with zero attached hydrogens (tertiary/aromatic N) is 6. The summed E-state index contributed by atoms with van der Waals surface area (Å²) < 4.78 is 5.87. The van der Waals surface area contributed by atoms with Crippen molar-refractivity contribution in [1.29, 1.82) is 0 Å². The molecule has 0 saturated carbocycles. The molecule has 2 amide bonds. The number of hydrogen-bond donors (Lipinski definition) is 4. The number of aromatic nitrogens is 3. The van der Waals surface area contributed by atoms with Crippen molar-refractivity contribution >= 4 is 46.7 Å². The predicted molar refractivity (Wildman–Crippen MR) is 186 cm³/mol. The van der Waals surface area contributed by atoms with Crippen LogP contribution in [0.1, 0.15) is 38.2 Å². The monoisotopic (exact) mass is 672 g/mol. The molecule has 4 aliphatic rings. The Morgan fingerprint density at radius 1 is 1.02 bits per heavy atom. The number of anilines is 4. The summed E-state index contributed by atoms with van der Waals surface area (Å²) in [4.78, 5) is 45.6. The Balaban J connectivity index is 0.893. The van der Waals surface area contributed by atoms with E-state index in [9.17, 15) is 9.59 Å². The fourth-order valence-corrected chi connectivity index (χ4v) is 7.92. The highest BCUT2D eigenvalue weighted by atomic mass is 32.2. The summed E-state index contributed by atoms with van der Waals surface area (Å²) >= 11 is 1.51. The van der Waals surface area contributed by atoms with Gasteiger partial charge in [0.1, 0.15) is 22.7 Å². The summed E-state index contributed by atoms with van der Waals surface area (Å²) in [5.41, 5.74) is 15.1. The van der Waals surface area contributed by atoms with E-state index in [1.54, 1.807) is 0 Å². The molecule has 3 aromatic rings. The van der Waals surface area contributed by atoms with Gasteiger partial charge < -0.3 is 31.3 Å². The van der Waals surface area contributed by atoms with E-state index in [0.29, 0.717) is 23.7 Å². The molecule has 1 aromatic carbocycles. The Labute approximate surface area is 285 Å². The largest absolute Gasteiger partial charge is 0.381 e. The van der Waals surface area contributed by atoms with Crippen LogP contribution in [-0.2, 0) is 20.9 Å². The first-order chi connectivity index (χ1) is 23.2. The highest BCUT2D eigenvalue weighted by Gasteiger charge is 2.47. The Bertz CT molecular complexity index is 1630. The number of nitrogens with one attached hydrogen (secondary N) is 2. The second-order valence-electron chi connectivity index (χ2n) is 13.4. The third kappa shape index (κ3) is 7.07. The number of piperazine rings is 1. The zero-order chi connectivity index (χ0) is 33.3. The zero-order valence-corrected chi connectivity index (χ0v) is 28.1. The maximum absolute atomic E-state index is 12.1. The van der Waals surface area contributed by atoms with Crippen LogP contribution in [-0.4, -0.2) is 95.7 Å². The third-order valence-electron chi connectivity index (χ3n) is 10.2. The lowest BCUT2D eigenvalue weighted by Gasteiger charge is -2.41. The van der Waals surface area contributed by atoms with Crippen molar-refractivity contribution in [2.75, 3.05) is 66.7 Å². The molecule has 4 saturated heterocycles. The quantitative estimate of drug-likeness (QED) is 0.258. The lowest BCUT2D eigenvalue weighted by molar-refractivity contribution is -0.133. The fourth-order valence-electron chi connectivity index (χ4n) is 7.15. The molecule has 4 aliphatic heterocycles. The van der Waals surface area contributed by atoms with Crippen molar-refractivity contribution in [1.82, 2.24) is 25.2 Å². The molecular weight excluding hydrogens is 629 g/mol. The van der Waals surface area contributed by atoms with Gasteiger partial charge in [0.15, 0.2) is 5.82 Å². The van der Waals surface area contributed by atoms with E-state index in [1.807, 2.05) is 30.6 Å². The standard InChI is InChI=1S/C34H44N10O3S/c1-22-30(35)34(21-47-22)9-12-43(13-10-34)28-19-38-33(31(36)40-28)48-25-8-11-37-27(18-25)44-16-14-42(15-17-44)20-23-2-4-24(5-3-23)39-26-6-7-29(45)41-32(26)46/h2-5,8,11,18-19,22,26,30,39H,6-7,9-10,12-17,20-21,35H2,1H3,(H2,36,40)(H,41,45,46)/t22-,26?,30+/m0/s1. The fraction of sp³-hybridized carbons (Fsp3) is 0.500. The van der Waals surface area contributed by atoms with Gasteiger partial charge >= 0.3 is 0 Å². The highest BCUT2D eigenvalue weighted by Crippen LogP contribution is 2.42. The summed E-state index contributed by atoms with van der Waals surface area (Å²) in [6.07, 6.45) is 6.59. The first kappa shape index (κ1) is 32.6. The Hall–Kier alpha value is -3.98. The summed E-state index contributed by atoms with van der Waals surface area (Å²) in [7, 11) is 0. The molecule has 254 valence electrons. The smallest absolute Gasteiger partial charge is 0.249 e. The van der Waals surface area contributed by atoms with Gasteiger partial charge in [-0.15, -0.1) is 0 Å². The molecule has 2 aromatic heterocycles. The van der Waals surface area contributed by atoms with Crippen LogP contribution in [0.2, 0.25) is 0 Å². The first-order valence-electron chi connectivity index (χ1n) is 16.8. The van der Waals surface area contributed by atoms with Gasteiger partial charge in [0.25, 0.3) is 0 Å². The van der Waals surface area contributed by atoms with Crippen LogP contribution < -0.4 is 31.9 Å². The van der Waals surface area contributed by atoms with Crippen molar-refractivity contribution in [2.24, 2.45) is 11.1 Å². The molecule has 6 N–H and O–H groups in total. The minimum absolute atomic E-state index is 0.0584. The molecule has 48 heavy (non-hydrogen) atoms. The number of nitrogen functional groups attached to an aromatic ring is 1. The van der Waals surface area contributed by atoms with Gasteiger partial charge in [-0.25, -0.2) is 15.0 Å². The number of rotatable bonds is 8. The number of nitrogens with two attached hydrogens (primary N) is 2. The Morgan fingerprint density at radius 2 is 1.77 bits per heavy atom. The molecule has 14 heteroatoms. The van der Waals surface area contributed by atoms with Gasteiger partial charge in [0, 0.05) is 80.5 Å². The number of piperidine rings is 2. The van der Waals surface area contributed by atoms with Crippen LogP contribution in [0.4, 0.5) is 23.1 Å². The van der Waals surface area contributed by atoms with Crippen LogP contribution in [0, 0.1) is 5.41 Å². The van der Waals surface area contributed by atoms with Crippen LogP contribution in [0.15, 0.2) is 58.7 Å². The van der Waals surface area contributed by atoms with E-state index in [1.165, 1.54) is 17.3 Å². The molecule has 6 heterocycles. The number of carbonyl (C=O) groups excluding carboxylic acids is 2. The van der Waals surface area contributed by atoms with Crippen molar-refractivity contribution in [3.63, 3.8) is 0 Å². The van der Waals surface area contributed by atoms with Gasteiger partial charge in [0.2, 0.25) is 11.8 Å². The minimum atomic E-state index is -0.381. The molecule has 1 unspecified atom stereocenters. The van der Waals surface area contributed by atoms with Crippen LogP contribution in [0.5, 0.6) is 0 Å². The van der Waals surface area contributed by atoms with Gasteiger partial charge in [-0.2, -0.15) is 0 Å². The lowest BCUT2D eigenvalue weighted by atomic mass is 9.73. The number of benzene rings is 1. The molecule has 0 aliphatic carbocycles. The third-order valence-corrected chi connectivity index (χ3v) is 11.2. The Kier molecular flexibility index (Phi) is 9.40. The maximum Gasteiger partial charge on any atom is 0.249 e. The van der Waals surface area contributed by atoms with Crippen molar-refractivity contribution in [3.05, 3.63) is 54.4 Å². The van der Waals surface area contributed by atoms with E-state index >= 15 is 0 Å². The van der Waals surface area contributed by atoms with E-state index in [-0.39, 0.29) is 35.4 Å². The molecule has 0 bridgehead atoms. The second-order valence-corrected chi connectivity index (χ2v) is 14.4. The number of imide groups is 1. The molecule has 3 atom stereocenters. The molecule has 4 fully saturated rings. The number of pyridine rings is 1.